The van der Waals surface area contributed by atoms with Gasteiger partial charge in [-0.1, -0.05) is 50.2 Å². The molecule has 0 saturated carbocycles. The molecule has 5 heteroatoms. The van der Waals surface area contributed by atoms with Gasteiger partial charge >= 0.3 is 0 Å². The van der Waals surface area contributed by atoms with Crippen molar-refractivity contribution < 1.29 is 9.32 Å². The minimum atomic E-state index is -0.0531. The van der Waals surface area contributed by atoms with Crippen LogP contribution in [0.2, 0.25) is 0 Å². The molecule has 0 radical (unpaired) electrons. The Balaban J connectivity index is 1.53. The number of benzene rings is 2. The van der Waals surface area contributed by atoms with Gasteiger partial charge in [0.1, 0.15) is 0 Å². The zero-order valence-corrected chi connectivity index (χ0v) is 16.6. The Morgan fingerprint density at radius 3 is 2.68 bits per heavy atom. The van der Waals surface area contributed by atoms with Crippen molar-refractivity contribution in [2.45, 2.75) is 45.4 Å². The highest BCUT2D eigenvalue weighted by molar-refractivity contribution is 5.96. The van der Waals surface area contributed by atoms with Crippen LogP contribution < -0.4 is 4.90 Å². The van der Waals surface area contributed by atoms with Gasteiger partial charge < -0.3 is 9.42 Å². The van der Waals surface area contributed by atoms with E-state index in [0.29, 0.717) is 30.6 Å². The van der Waals surface area contributed by atoms with Crippen molar-refractivity contribution in [3.8, 4) is 11.5 Å². The van der Waals surface area contributed by atoms with Crippen LogP contribution in [-0.2, 0) is 11.2 Å². The Kier molecular flexibility index (Phi) is 4.99. The smallest absolute Gasteiger partial charge is 0.257 e. The molecule has 1 saturated heterocycles. The Morgan fingerprint density at radius 2 is 1.96 bits per heavy atom. The first-order valence-corrected chi connectivity index (χ1v) is 9.88. The minimum Gasteiger partial charge on any atom is -0.334 e. The number of amides is 1. The fourth-order valence-corrected chi connectivity index (χ4v) is 3.58. The van der Waals surface area contributed by atoms with Crippen molar-refractivity contribution in [3.63, 3.8) is 0 Å². The lowest BCUT2D eigenvalue weighted by Gasteiger charge is -2.18. The molecule has 0 bridgehead atoms. The van der Waals surface area contributed by atoms with Crippen molar-refractivity contribution in [1.82, 2.24) is 10.1 Å². The molecule has 2 heterocycles. The number of carbonyl (C=O) groups is 1. The van der Waals surface area contributed by atoms with Crippen molar-refractivity contribution in [2.75, 3.05) is 11.4 Å². The number of rotatable bonds is 5. The number of hydrogen-bond acceptors (Lipinski definition) is 4. The molecule has 1 atom stereocenters. The molecule has 144 valence electrons. The van der Waals surface area contributed by atoms with E-state index in [1.54, 1.807) is 0 Å². The highest BCUT2D eigenvalue weighted by Gasteiger charge is 2.34. The molecule has 4 rings (SSSR count). The number of carbonyl (C=O) groups excluding carboxylic acids is 1. The van der Waals surface area contributed by atoms with E-state index in [1.165, 1.54) is 11.1 Å². The van der Waals surface area contributed by atoms with Crippen molar-refractivity contribution in [2.24, 2.45) is 0 Å². The zero-order valence-electron chi connectivity index (χ0n) is 16.6. The fourth-order valence-electron chi connectivity index (χ4n) is 3.58. The van der Waals surface area contributed by atoms with Crippen molar-refractivity contribution in [1.29, 1.82) is 0 Å². The van der Waals surface area contributed by atoms with Crippen LogP contribution in [0.4, 0.5) is 5.69 Å². The maximum Gasteiger partial charge on any atom is 0.257 e. The number of nitrogens with zero attached hydrogens (tertiary/aromatic N) is 3. The summed E-state index contributed by atoms with van der Waals surface area (Å²) in [6, 6.07) is 16.3. The Morgan fingerprint density at radius 1 is 1.18 bits per heavy atom. The number of aromatic nitrogens is 2. The second kappa shape index (κ2) is 7.58. The van der Waals surface area contributed by atoms with Gasteiger partial charge in [-0.3, -0.25) is 4.79 Å². The van der Waals surface area contributed by atoms with E-state index in [9.17, 15) is 4.79 Å². The van der Waals surface area contributed by atoms with E-state index in [4.69, 9.17) is 4.52 Å². The summed E-state index contributed by atoms with van der Waals surface area (Å²) in [5.74, 6) is 1.58. The molecular weight excluding hydrogens is 350 g/mol. The van der Waals surface area contributed by atoms with Gasteiger partial charge in [0.05, 0.1) is 0 Å². The van der Waals surface area contributed by atoms with E-state index in [2.05, 4.69) is 55.2 Å². The highest BCUT2D eigenvalue weighted by Crippen LogP contribution is 2.32. The molecule has 0 N–H and O–H groups in total. The van der Waals surface area contributed by atoms with E-state index in [1.807, 2.05) is 29.2 Å². The van der Waals surface area contributed by atoms with Crippen LogP contribution in [0.5, 0.6) is 0 Å². The molecule has 1 aliphatic heterocycles. The number of anilines is 1. The van der Waals surface area contributed by atoms with Crippen LogP contribution in [0.1, 0.15) is 56.0 Å². The molecule has 0 aliphatic carbocycles. The Labute approximate surface area is 165 Å². The normalized spacial score (nSPS) is 16.9. The second-order valence-electron chi connectivity index (χ2n) is 7.66. The molecule has 1 fully saturated rings. The molecule has 0 spiro atoms. The van der Waals surface area contributed by atoms with Crippen LogP contribution in [0, 0.1) is 0 Å². The van der Waals surface area contributed by atoms with Gasteiger partial charge in [0.15, 0.2) is 5.82 Å². The van der Waals surface area contributed by atoms with Gasteiger partial charge in [0.25, 0.3) is 5.89 Å². The largest absolute Gasteiger partial charge is 0.334 e. The first-order valence-electron chi connectivity index (χ1n) is 9.88. The van der Waals surface area contributed by atoms with Crippen LogP contribution in [0.3, 0.4) is 0 Å². The number of hydrogen-bond donors (Lipinski definition) is 0. The summed E-state index contributed by atoms with van der Waals surface area (Å²) in [5, 5.41) is 4.16. The van der Waals surface area contributed by atoms with E-state index >= 15 is 0 Å². The SMILES string of the molecule is CCc1ccc(-c2nc(C3CC(=O)N(c4cccc(C(C)C)c4)C3)no2)cc1. The van der Waals surface area contributed by atoms with Crippen LogP contribution in [0.15, 0.2) is 53.1 Å². The van der Waals surface area contributed by atoms with Crippen LogP contribution >= 0.6 is 0 Å². The van der Waals surface area contributed by atoms with Crippen LogP contribution in [0.25, 0.3) is 11.5 Å². The van der Waals surface area contributed by atoms with Gasteiger partial charge in [0.2, 0.25) is 5.91 Å². The minimum absolute atomic E-state index is 0.0531. The second-order valence-corrected chi connectivity index (χ2v) is 7.66. The lowest BCUT2D eigenvalue weighted by atomic mass is 10.0. The maximum absolute atomic E-state index is 12.6. The third-order valence-electron chi connectivity index (χ3n) is 5.39. The predicted molar refractivity (Wildman–Crippen MR) is 109 cm³/mol. The first-order chi connectivity index (χ1) is 13.5. The quantitative estimate of drug-likeness (QED) is 0.633. The summed E-state index contributed by atoms with van der Waals surface area (Å²) in [5.41, 5.74) is 4.34. The van der Waals surface area contributed by atoms with E-state index in [0.717, 1.165) is 17.7 Å². The summed E-state index contributed by atoms with van der Waals surface area (Å²) in [6.45, 7) is 7.01. The summed E-state index contributed by atoms with van der Waals surface area (Å²) >= 11 is 0. The third-order valence-corrected chi connectivity index (χ3v) is 5.39. The standard InChI is InChI=1S/C23H25N3O2/c1-4-16-8-10-17(11-9-16)23-24-22(25-28-23)19-13-21(27)26(14-19)20-7-5-6-18(12-20)15(2)3/h5-12,15,19H,4,13-14H2,1-3H3. The maximum atomic E-state index is 12.6. The van der Waals surface area contributed by atoms with E-state index < -0.39 is 0 Å². The predicted octanol–water partition coefficient (Wildman–Crippen LogP) is 4.94. The zero-order chi connectivity index (χ0) is 19.7. The lowest BCUT2D eigenvalue weighted by Crippen LogP contribution is -2.24. The molecule has 2 aromatic carbocycles. The van der Waals surface area contributed by atoms with Gasteiger partial charge in [-0.25, -0.2) is 0 Å². The van der Waals surface area contributed by atoms with E-state index in [-0.39, 0.29) is 11.8 Å². The highest BCUT2D eigenvalue weighted by atomic mass is 16.5. The van der Waals surface area contributed by atoms with Crippen molar-refractivity contribution in [3.05, 3.63) is 65.5 Å². The molecule has 1 aromatic heterocycles. The first kappa shape index (κ1) is 18.4. The average molecular weight is 375 g/mol. The monoisotopic (exact) mass is 375 g/mol. The average Bonchev–Trinajstić information content (AvgIpc) is 3.35. The molecular formula is C23H25N3O2. The summed E-state index contributed by atoms with van der Waals surface area (Å²) < 4.78 is 5.47. The van der Waals surface area contributed by atoms with Gasteiger partial charge in [0, 0.05) is 30.1 Å². The van der Waals surface area contributed by atoms with Gasteiger partial charge in [-0.05, 0) is 47.7 Å². The fraction of sp³-hybridized carbons (Fsp3) is 0.348. The Hall–Kier alpha value is -2.95. The summed E-state index contributed by atoms with van der Waals surface area (Å²) in [4.78, 5) is 19.0. The summed E-state index contributed by atoms with van der Waals surface area (Å²) in [6.07, 6.45) is 1.40. The molecule has 1 amide bonds. The third kappa shape index (κ3) is 3.57. The van der Waals surface area contributed by atoms with Gasteiger partial charge in [-0.2, -0.15) is 4.98 Å². The topological polar surface area (TPSA) is 59.2 Å². The molecule has 1 aliphatic rings. The molecule has 3 aromatic rings. The van der Waals surface area contributed by atoms with Crippen LogP contribution in [-0.4, -0.2) is 22.6 Å². The molecule has 5 nitrogen and oxygen atoms in total. The Bertz CT molecular complexity index is 976. The lowest BCUT2D eigenvalue weighted by molar-refractivity contribution is -0.117. The summed E-state index contributed by atoms with van der Waals surface area (Å²) in [7, 11) is 0. The van der Waals surface area contributed by atoms with Gasteiger partial charge in [-0.15, -0.1) is 0 Å². The van der Waals surface area contributed by atoms with Crippen molar-refractivity contribution >= 4 is 11.6 Å². The number of aryl methyl sites for hydroxylation is 1. The molecule has 28 heavy (non-hydrogen) atoms. The molecule has 1 unspecified atom stereocenters.